The Morgan fingerprint density at radius 3 is 2.45 bits per heavy atom. The molecule has 1 amide bonds. The van der Waals surface area contributed by atoms with Crippen molar-refractivity contribution in [1.29, 1.82) is 0 Å². The van der Waals surface area contributed by atoms with Gasteiger partial charge in [0.05, 0.1) is 5.92 Å². The molecule has 0 aromatic carbocycles. The molecule has 2 atom stereocenters. The first-order valence-corrected chi connectivity index (χ1v) is 7.07. The molecule has 6 heteroatoms. The molecule has 2 N–H and O–H groups in total. The number of carbonyl (C=O) groups is 2. The summed E-state index contributed by atoms with van der Waals surface area (Å²) in [6, 6.07) is 0. The van der Waals surface area contributed by atoms with Crippen molar-refractivity contribution in [1.82, 2.24) is 10.2 Å². The molecule has 116 valence electrons. The van der Waals surface area contributed by atoms with Crippen LogP contribution in [0.1, 0.15) is 33.6 Å². The Bertz CT molecular complexity index is 352. The number of nitrogens with zero attached hydrogens (tertiary/aromatic N) is 1. The average molecular weight is 286 g/mol. The van der Waals surface area contributed by atoms with Crippen LogP contribution in [0.3, 0.4) is 0 Å². The molecule has 0 unspecified atom stereocenters. The highest BCUT2D eigenvalue weighted by molar-refractivity contribution is 5.71. The van der Waals surface area contributed by atoms with Crippen molar-refractivity contribution in [2.45, 2.75) is 39.2 Å². The Kier molecular flexibility index (Phi) is 5.80. The molecule has 6 nitrogen and oxygen atoms in total. The van der Waals surface area contributed by atoms with Gasteiger partial charge in [-0.15, -0.1) is 0 Å². The minimum absolute atomic E-state index is 0.0510. The molecule has 0 aromatic heterocycles. The van der Waals surface area contributed by atoms with E-state index < -0.39 is 23.6 Å². The standard InChI is InChI=1S/C14H26N2O4/c1-14(2,3)20-13(19)15-9-10-5-7-16(4)8-6-11(10)12(17)18/h10-11H,5-9H2,1-4H3,(H,15,19)(H,17,18)/t10-,11-/m0/s1. The minimum atomic E-state index is -0.781. The van der Waals surface area contributed by atoms with E-state index in [1.165, 1.54) is 0 Å². The Morgan fingerprint density at radius 1 is 1.30 bits per heavy atom. The summed E-state index contributed by atoms with van der Waals surface area (Å²) in [4.78, 5) is 25.1. The number of alkyl carbamates (subject to hydrolysis) is 1. The maximum absolute atomic E-state index is 11.6. The first-order chi connectivity index (χ1) is 9.19. The molecule has 20 heavy (non-hydrogen) atoms. The van der Waals surface area contributed by atoms with Crippen molar-refractivity contribution in [2.75, 3.05) is 26.7 Å². The quantitative estimate of drug-likeness (QED) is 0.823. The van der Waals surface area contributed by atoms with E-state index in [4.69, 9.17) is 4.74 Å². The minimum Gasteiger partial charge on any atom is -0.481 e. The maximum atomic E-state index is 11.6. The first-order valence-electron chi connectivity index (χ1n) is 7.07. The lowest BCUT2D eigenvalue weighted by Crippen LogP contribution is -2.38. The zero-order valence-corrected chi connectivity index (χ0v) is 12.8. The molecule has 1 saturated heterocycles. The molecule has 0 radical (unpaired) electrons. The van der Waals surface area contributed by atoms with Gasteiger partial charge in [-0.05, 0) is 59.7 Å². The maximum Gasteiger partial charge on any atom is 0.407 e. The number of hydrogen-bond acceptors (Lipinski definition) is 4. The van der Waals surface area contributed by atoms with Gasteiger partial charge in [0, 0.05) is 6.54 Å². The third kappa shape index (κ3) is 5.77. The number of likely N-dealkylation sites (tertiary alicyclic amines) is 1. The number of aliphatic carboxylic acids is 1. The van der Waals surface area contributed by atoms with E-state index in [0.29, 0.717) is 13.0 Å². The second kappa shape index (κ2) is 6.92. The third-order valence-corrected chi connectivity index (χ3v) is 3.50. The molecule has 1 aliphatic rings. The largest absolute Gasteiger partial charge is 0.481 e. The van der Waals surface area contributed by atoms with E-state index in [1.807, 2.05) is 7.05 Å². The van der Waals surface area contributed by atoms with Crippen molar-refractivity contribution in [2.24, 2.45) is 11.8 Å². The van der Waals surface area contributed by atoms with Gasteiger partial charge in [-0.2, -0.15) is 0 Å². The van der Waals surface area contributed by atoms with Gasteiger partial charge in [-0.1, -0.05) is 0 Å². The summed E-state index contributed by atoms with van der Waals surface area (Å²) in [5.41, 5.74) is -0.542. The summed E-state index contributed by atoms with van der Waals surface area (Å²) < 4.78 is 5.17. The molecule has 0 aromatic rings. The van der Waals surface area contributed by atoms with E-state index in [9.17, 15) is 14.7 Å². The van der Waals surface area contributed by atoms with Gasteiger partial charge in [0.15, 0.2) is 0 Å². The van der Waals surface area contributed by atoms with Crippen LogP contribution in [0.4, 0.5) is 4.79 Å². The van der Waals surface area contributed by atoms with Gasteiger partial charge in [-0.25, -0.2) is 4.79 Å². The monoisotopic (exact) mass is 286 g/mol. The lowest BCUT2D eigenvalue weighted by atomic mass is 9.88. The molecule has 0 bridgehead atoms. The van der Waals surface area contributed by atoms with Crippen LogP contribution in [0.2, 0.25) is 0 Å². The normalized spacial score (nSPS) is 24.8. The van der Waals surface area contributed by atoms with Crippen LogP contribution < -0.4 is 5.32 Å². The summed E-state index contributed by atoms with van der Waals surface area (Å²) >= 11 is 0. The van der Waals surface area contributed by atoms with Gasteiger partial charge in [0.2, 0.25) is 0 Å². The van der Waals surface area contributed by atoms with Gasteiger partial charge in [-0.3, -0.25) is 4.79 Å². The van der Waals surface area contributed by atoms with Gasteiger partial charge in [0.25, 0.3) is 0 Å². The lowest BCUT2D eigenvalue weighted by Gasteiger charge is -2.24. The zero-order valence-electron chi connectivity index (χ0n) is 12.8. The summed E-state index contributed by atoms with van der Waals surface area (Å²) in [6.45, 7) is 7.37. The van der Waals surface area contributed by atoms with E-state index in [-0.39, 0.29) is 5.92 Å². The number of hydrogen-bond donors (Lipinski definition) is 2. The Hall–Kier alpha value is -1.30. The number of carbonyl (C=O) groups excluding carboxylic acids is 1. The number of ether oxygens (including phenoxy) is 1. The molecule has 1 heterocycles. The van der Waals surface area contributed by atoms with E-state index in [1.54, 1.807) is 20.8 Å². The number of carboxylic acid groups (broad SMARTS) is 1. The highest BCUT2D eigenvalue weighted by atomic mass is 16.6. The van der Waals surface area contributed by atoms with Crippen molar-refractivity contribution in [3.05, 3.63) is 0 Å². The first kappa shape index (κ1) is 16.8. The number of nitrogens with one attached hydrogen (secondary N) is 1. The summed E-state index contributed by atoms with van der Waals surface area (Å²) in [7, 11) is 1.99. The molecule has 1 aliphatic heterocycles. The highest BCUT2D eigenvalue weighted by Crippen LogP contribution is 2.23. The van der Waals surface area contributed by atoms with Gasteiger partial charge < -0.3 is 20.1 Å². The predicted molar refractivity (Wildman–Crippen MR) is 75.6 cm³/mol. The van der Waals surface area contributed by atoms with E-state index in [2.05, 4.69) is 10.2 Å². The third-order valence-electron chi connectivity index (χ3n) is 3.50. The van der Waals surface area contributed by atoms with Crippen LogP contribution in [0.5, 0.6) is 0 Å². The van der Waals surface area contributed by atoms with Crippen LogP contribution in [0.25, 0.3) is 0 Å². The van der Waals surface area contributed by atoms with Gasteiger partial charge >= 0.3 is 12.1 Å². The van der Waals surface area contributed by atoms with Crippen LogP contribution in [-0.2, 0) is 9.53 Å². The summed E-state index contributed by atoms with van der Waals surface area (Å²) in [5.74, 6) is -1.24. The molecule has 0 spiro atoms. The SMILES string of the molecule is CN1CC[C@@H](CNC(=O)OC(C)(C)C)[C@@H](C(=O)O)CC1. The number of carboxylic acids is 1. The molecular formula is C14H26N2O4. The zero-order chi connectivity index (χ0) is 15.3. The number of rotatable bonds is 3. The Balaban J connectivity index is 2.54. The van der Waals surface area contributed by atoms with Crippen LogP contribution in [0, 0.1) is 11.8 Å². The van der Waals surface area contributed by atoms with E-state index in [0.717, 1.165) is 19.5 Å². The molecular weight excluding hydrogens is 260 g/mol. The van der Waals surface area contributed by atoms with Crippen LogP contribution in [0.15, 0.2) is 0 Å². The average Bonchev–Trinajstić information content (AvgIpc) is 2.46. The molecule has 1 fully saturated rings. The topological polar surface area (TPSA) is 78.9 Å². The summed E-state index contributed by atoms with van der Waals surface area (Å²) in [5, 5.41) is 12.0. The fourth-order valence-electron chi connectivity index (χ4n) is 2.39. The van der Waals surface area contributed by atoms with E-state index >= 15 is 0 Å². The number of amides is 1. The fourth-order valence-corrected chi connectivity index (χ4v) is 2.39. The highest BCUT2D eigenvalue weighted by Gasteiger charge is 2.31. The Labute approximate surface area is 120 Å². The second-order valence-corrected chi connectivity index (χ2v) is 6.47. The molecule has 0 saturated carbocycles. The smallest absolute Gasteiger partial charge is 0.407 e. The van der Waals surface area contributed by atoms with Crippen molar-refractivity contribution < 1.29 is 19.4 Å². The summed E-state index contributed by atoms with van der Waals surface area (Å²) in [6.07, 6.45) is 0.898. The van der Waals surface area contributed by atoms with Crippen molar-refractivity contribution in [3.63, 3.8) is 0 Å². The lowest BCUT2D eigenvalue weighted by molar-refractivity contribution is -0.143. The Morgan fingerprint density at radius 2 is 1.90 bits per heavy atom. The van der Waals surface area contributed by atoms with Gasteiger partial charge in [0.1, 0.15) is 5.60 Å². The van der Waals surface area contributed by atoms with Crippen LogP contribution in [-0.4, -0.2) is 54.4 Å². The fraction of sp³-hybridized carbons (Fsp3) is 0.857. The van der Waals surface area contributed by atoms with Crippen molar-refractivity contribution >= 4 is 12.1 Å². The van der Waals surface area contributed by atoms with Crippen LogP contribution >= 0.6 is 0 Å². The second-order valence-electron chi connectivity index (χ2n) is 6.47. The molecule has 0 aliphatic carbocycles. The molecule has 1 rings (SSSR count). The van der Waals surface area contributed by atoms with Crippen molar-refractivity contribution in [3.8, 4) is 0 Å². The predicted octanol–water partition coefficient (Wildman–Crippen LogP) is 1.55.